The Morgan fingerprint density at radius 3 is 2.75 bits per heavy atom. The molecule has 0 amide bonds. The minimum Gasteiger partial charge on any atom is -0.389 e. The van der Waals surface area contributed by atoms with E-state index < -0.39 is 10.0 Å². The molecule has 0 spiro atoms. The third kappa shape index (κ3) is 3.73. The van der Waals surface area contributed by atoms with Gasteiger partial charge in [0.05, 0.1) is 4.88 Å². The minimum atomic E-state index is -3.48. The standard InChI is InChI=1S/C12H18N2O2S4/c1-18-9-5-3-2-4-8(9)14-20(15,16)11-7-6-10(19-11)12(13)17/h6-9,14H,2-5H2,1H3,(H2,13,17). The van der Waals surface area contributed by atoms with Crippen LogP contribution >= 0.6 is 35.3 Å². The molecule has 8 heteroatoms. The Kier molecular flexibility index (Phi) is 5.47. The van der Waals surface area contributed by atoms with E-state index in [2.05, 4.69) is 4.72 Å². The lowest BCUT2D eigenvalue weighted by molar-refractivity contribution is 0.423. The Hall–Kier alpha value is -0.150. The molecule has 1 saturated carbocycles. The molecule has 0 radical (unpaired) electrons. The highest BCUT2D eigenvalue weighted by atomic mass is 32.2. The molecule has 0 aromatic carbocycles. The first kappa shape index (κ1) is 16.2. The van der Waals surface area contributed by atoms with Gasteiger partial charge < -0.3 is 5.73 Å². The van der Waals surface area contributed by atoms with Gasteiger partial charge in [-0.3, -0.25) is 0 Å². The Morgan fingerprint density at radius 2 is 2.15 bits per heavy atom. The molecule has 20 heavy (non-hydrogen) atoms. The number of thioether (sulfide) groups is 1. The second kappa shape index (κ2) is 6.74. The Balaban J connectivity index is 2.15. The van der Waals surface area contributed by atoms with E-state index in [9.17, 15) is 8.42 Å². The third-order valence-corrected chi connectivity index (χ3v) is 8.02. The molecule has 0 aliphatic heterocycles. The molecule has 1 aliphatic carbocycles. The molecule has 112 valence electrons. The molecule has 4 nitrogen and oxygen atoms in total. The van der Waals surface area contributed by atoms with Crippen LogP contribution in [-0.4, -0.2) is 31.0 Å². The summed E-state index contributed by atoms with van der Waals surface area (Å²) in [6.45, 7) is 0. The quantitative estimate of drug-likeness (QED) is 0.798. The van der Waals surface area contributed by atoms with E-state index >= 15 is 0 Å². The van der Waals surface area contributed by atoms with Crippen molar-refractivity contribution >= 4 is 50.3 Å². The zero-order chi connectivity index (χ0) is 14.8. The second-order valence-corrected chi connectivity index (χ2v) is 9.31. The smallest absolute Gasteiger partial charge is 0.250 e. The molecule has 1 aliphatic rings. The van der Waals surface area contributed by atoms with Crippen molar-refractivity contribution in [2.45, 2.75) is 41.2 Å². The lowest BCUT2D eigenvalue weighted by atomic mass is 9.96. The number of rotatable bonds is 5. The molecule has 2 unspecified atom stereocenters. The summed E-state index contributed by atoms with van der Waals surface area (Å²) in [5.41, 5.74) is 5.52. The van der Waals surface area contributed by atoms with Crippen LogP contribution in [-0.2, 0) is 10.0 Å². The van der Waals surface area contributed by atoms with Crippen LogP contribution < -0.4 is 10.5 Å². The van der Waals surface area contributed by atoms with Gasteiger partial charge in [0.25, 0.3) is 0 Å². The van der Waals surface area contributed by atoms with Gasteiger partial charge in [0.1, 0.15) is 9.20 Å². The van der Waals surface area contributed by atoms with Crippen molar-refractivity contribution in [3.8, 4) is 0 Å². The van der Waals surface area contributed by atoms with Crippen molar-refractivity contribution < 1.29 is 8.42 Å². The molecule has 2 rings (SSSR count). The van der Waals surface area contributed by atoms with Crippen molar-refractivity contribution in [3.05, 3.63) is 17.0 Å². The van der Waals surface area contributed by atoms with Gasteiger partial charge in [-0.05, 0) is 31.2 Å². The maximum absolute atomic E-state index is 12.4. The van der Waals surface area contributed by atoms with E-state index in [1.165, 1.54) is 6.42 Å². The zero-order valence-corrected chi connectivity index (χ0v) is 14.4. The monoisotopic (exact) mass is 350 g/mol. The Bertz CT molecular complexity index is 582. The third-order valence-electron chi connectivity index (χ3n) is 3.40. The van der Waals surface area contributed by atoms with Crippen LogP contribution in [0.15, 0.2) is 16.3 Å². The lowest BCUT2D eigenvalue weighted by Gasteiger charge is -2.30. The van der Waals surface area contributed by atoms with Gasteiger partial charge in [0.15, 0.2) is 0 Å². The van der Waals surface area contributed by atoms with Gasteiger partial charge in [-0.1, -0.05) is 25.1 Å². The Labute approximate surface area is 133 Å². The average molecular weight is 351 g/mol. The van der Waals surface area contributed by atoms with Crippen LogP contribution in [0.1, 0.15) is 30.6 Å². The van der Waals surface area contributed by atoms with E-state index in [1.54, 1.807) is 23.9 Å². The van der Waals surface area contributed by atoms with E-state index in [4.69, 9.17) is 18.0 Å². The minimum absolute atomic E-state index is 0.0131. The average Bonchev–Trinajstić information content (AvgIpc) is 2.89. The van der Waals surface area contributed by atoms with Crippen molar-refractivity contribution in [3.63, 3.8) is 0 Å². The summed E-state index contributed by atoms with van der Waals surface area (Å²) in [6.07, 6.45) is 6.25. The van der Waals surface area contributed by atoms with Crippen molar-refractivity contribution in [1.29, 1.82) is 0 Å². The summed E-state index contributed by atoms with van der Waals surface area (Å²) < 4.78 is 27.9. The molecule has 3 N–H and O–H groups in total. The molecule has 2 atom stereocenters. The first-order chi connectivity index (χ1) is 9.44. The first-order valence-electron chi connectivity index (χ1n) is 6.39. The number of nitrogens with one attached hydrogen (secondary N) is 1. The van der Waals surface area contributed by atoms with Gasteiger partial charge >= 0.3 is 0 Å². The van der Waals surface area contributed by atoms with E-state index in [1.807, 2.05) is 6.26 Å². The highest BCUT2D eigenvalue weighted by molar-refractivity contribution is 7.99. The van der Waals surface area contributed by atoms with E-state index in [0.29, 0.717) is 10.1 Å². The first-order valence-corrected chi connectivity index (χ1v) is 10.4. The van der Waals surface area contributed by atoms with Gasteiger partial charge in [-0.2, -0.15) is 11.8 Å². The molecule has 0 saturated heterocycles. The van der Waals surface area contributed by atoms with Crippen LogP contribution in [0.2, 0.25) is 0 Å². The van der Waals surface area contributed by atoms with Crippen LogP contribution in [0.4, 0.5) is 0 Å². The second-order valence-electron chi connectivity index (χ2n) is 4.77. The fourth-order valence-corrected chi connectivity index (χ4v) is 6.07. The summed E-state index contributed by atoms with van der Waals surface area (Å²) in [5, 5.41) is 0.355. The van der Waals surface area contributed by atoms with Gasteiger partial charge in [-0.15, -0.1) is 11.3 Å². The number of hydrogen-bond acceptors (Lipinski definition) is 5. The Morgan fingerprint density at radius 1 is 1.45 bits per heavy atom. The maximum Gasteiger partial charge on any atom is 0.250 e. The predicted octanol–water partition coefficient (Wildman–Crippen LogP) is 2.33. The highest BCUT2D eigenvalue weighted by Crippen LogP contribution is 2.29. The van der Waals surface area contributed by atoms with Crippen molar-refractivity contribution in [2.75, 3.05) is 6.26 Å². The molecular formula is C12H18N2O2S4. The molecule has 1 aromatic heterocycles. The van der Waals surface area contributed by atoms with Crippen LogP contribution in [0.25, 0.3) is 0 Å². The molecule has 1 aromatic rings. The zero-order valence-electron chi connectivity index (χ0n) is 11.2. The summed E-state index contributed by atoms with van der Waals surface area (Å²) in [7, 11) is -3.48. The van der Waals surface area contributed by atoms with E-state index in [0.717, 1.165) is 30.6 Å². The number of thiocarbonyl (C=S) groups is 1. The van der Waals surface area contributed by atoms with Crippen LogP contribution in [0.5, 0.6) is 0 Å². The predicted molar refractivity (Wildman–Crippen MR) is 90.1 cm³/mol. The van der Waals surface area contributed by atoms with Gasteiger partial charge in [0.2, 0.25) is 10.0 Å². The largest absolute Gasteiger partial charge is 0.389 e. The lowest BCUT2D eigenvalue weighted by Crippen LogP contribution is -2.43. The fraction of sp³-hybridized carbons (Fsp3) is 0.583. The van der Waals surface area contributed by atoms with Crippen molar-refractivity contribution in [2.24, 2.45) is 5.73 Å². The summed E-state index contributed by atoms with van der Waals surface area (Å²) in [6, 6.07) is 3.24. The summed E-state index contributed by atoms with van der Waals surface area (Å²) >= 11 is 7.72. The highest BCUT2D eigenvalue weighted by Gasteiger charge is 2.29. The topological polar surface area (TPSA) is 72.2 Å². The number of thiophene rings is 1. The number of sulfonamides is 1. The van der Waals surface area contributed by atoms with Crippen LogP contribution in [0, 0.1) is 0 Å². The molecule has 1 fully saturated rings. The van der Waals surface area contributed by atoms with Crippen molar-refractivity contribution in [1.82, 2.24) is 4.72 Å². The maximum atomic E-state index is 12.4. The summed E-state index contributed by atoms with van der Waals surface area (Å²) in [4.78, 5) is 0.863. The molecular weight excluding hydrogens is 332 g/mol. The number of hydrogen-bond donors (Lipinski definition) is 2. The number of nitrogens with two attached hydrogens (primary N) is 1. The van der Waals surface area contributed by atoms with E-state index in [-0.39, 0.29) is 15.2 Å². The normalized spacial score (nSPS) is 23.6. The molecule has 1 heterocycles. The summed E-state index contributed by atoms with van der Waals surface area (Å²) in [5.74, 6) is 0. The van der Waals surface area contributed by atoms with Gasteiger partial charge in [0, 0.05) is 11.3 Å². The SMILES string of the molecule is CSC1CCCCC1NS(=O)(=O)c1ccc(C(N)=S)s1. The van der Waals surface area contributed by atoms with Gasteiger partial charge in [-0.25, -0.2) is 13.1 Å². The fourth-order valence-electron chi connectivity index (χ4n) is 2.37. The van der Waals surface area contributed by atoms with Crippen LogP contribution in [0.3, 0.4) is 0 Å². The molecule has 0 bridgehead atoms.